The zero-order valence-corrected chi connectivity index (χ0v) is 15.8. The van der Waals surface area contributed by atoms with Gasteiger partial charge in [-0.2, -0.15) is 0 Å². The molecule has 4 rings (SSSR count). The molecule has 2 aromatic heterocycles. The second kappa shape index (κ2) is 7.80. The fourth-order valence-corrected chi connectivity index (χ4v) is 3.74. The van der Waals surface area contributed by atoms with Crippen molar-refractivity contribution in [2.45, 2.75) is 32.2 Å². The summed E-state index contributed by atoms with van der Waals surface area (Å²) in [5.41, 5.74) is 0.966. The summed E-state index contributed by atoms with van der Waals surface area (Å²) in [5.74, 6) is 1.62. The van der Waals surface area contributed by atoms with E-state index in [0.717, 1.165) is 25.2 Å². The van der Waals surface area contributed by atoms with Gasteiger partial charge in [-0.1, -0.05) is 30.3 Å². The number of amides is 1. The number of H-pyrrole nitrogens is 1. The van der Waals surface area contributed by atoms with E-state index in [0.29, 0.717) is 24.8 Å². The van der Waals surface area contributed by atoms with Crippen molar-refractivity contribution in [1.29, 1.82) is 0 Å². The lowest BCUT2D eigenvalue weighted by Crippen LogP contribution is -2.40. The van der Waals surface area contributed by atoms with Crippen LogP contribution >= 0.6 is 0 Å². The van der Waals surface area contributed by atoms with Gasteiger partial charge in [0.25, 0.3) is 11.5 Å². The number of hydrogen-bond acceptors (Lipinski definition) is 4. The number of imidazole rings is 1. The number of aryl methyl sites for hydroxylation is 1. The minimum absolute atomic E-state index is 0.106. The van der Waals surface area contributed by atoms with Crippen LogP contribution in [-0.2, 0) is 6.54 Å². The average Bonchev–Trinajstić information content (AvgIpc) is 3.16. The van der Waals surface area contributed by atoms with E-state index in [1.165, 1.54) is 11.8 Å². The van der Waals surface area contributed by atoms with Gasteiger partial charge in [-0.05, 0) is 25.3 Å². The predicted octanol–water partition coefficient (Wildman–Crippen LogP) is 2.34. The maximum atomic E-state index is 12.7. The number of carbonyl (C=O) groups excluding carboxylic acids is 1. The van der Waals surface area contributed by atoms with Crippen LogP contribution in [0.25, 0.3) is 0 Å². The smallest absolute Gasteiger partial charge is 0.263 e. The predicted molar refractivity (Wildman–Crippen MR) is 105 cm³/mol. The molecular formula is C21H23N5O2. The highest BCUT2D eigenvalue weighted by Crippen LogP contribution is 2.27. The standard InChI is InChI=1S/C21H23N5O2/c1-15-23-13-18(20(27)24-15)21(28)25-10-7-17(8-11-25)19-22-9-12-26(19)14-16-5-3-2-4-6-16/h2-6,9,12-13,17H,7-8,10-11,14H2,1H3,(H,23,24,27). The molecule has 1 aliphatic heterocycles. The van der Waals surface area contributed by atoms with Crippen LogP contribution in [0.1, 0.15) is 46.3 Å². The number of nitrogens with zero attached hydrogens (tertiary/aromatic N) is 4. The highest BCUT2D eigenvalue weighted by molar-refractivity contribution is 5.93. The molecule has 1 amide bonds. The van der Waals surface area contributed by atoms with Crippen molar-refractivity contribution >= 4 is 5.91 Å². The zero-order chi connectivity index (χ0) is 19.5. The third kappa shape index (κ3) is 3.74. The molecule has 0 spiro atoms. The number of likely N-dealkylation sites (tertiary alicyclic amines) is 1. The van der Waals surface area contributed by atoms with E-state index in [9.17, 15) is 9.59 Å². The van der Waals surface area contributed by atoms with Crippen LogP contribution in [0.4, 0.5) is 0 Å². The number of benzene rings is 1. The molecule has 7 heteroatoms. The summed E-state index contributed by atoms with van der Waals surface area (Å²) in [7, 11) is 0. The number of aromatic amines is 1. The first-order chi connectivity index (χ1) is 13.6. The first-order valence-corrected chi connectivity index (χ1v) is 9.52. The van der Waals surface area contributed by atoms with Crippen molar-refractivity contribution in [3.63, 3.8) is 0 Å². The Labute approximate surface area is 163 Å². The molecule has 3 heterocycles. The second-order valence-electron chi connectivity index (χ2n) is 7.18. The molecule has 1 saturated heterocycles. The van der Waals surface area contributed by atoms with Crippen LogP contribution in [-0.4, -0.2) is 43.4 Å². The van der Waals surface area contributed by atoms with Crippen molar-refractivity contribution < 1.29 is 4.79 Å². The lowest BCUT2D eigenvalue weighted by atomic mass is 9.95. The Hall–Kier alpha value is -3.22. The summed E-state index contributed by atoms with van der Waals surface area (Å²) in [6, 6.07) is 10.3. The Bertz CT molecular complexity index is 1020. The van der Waals surface area contributed by atoms with E-state index in [2.05, 4.69) is 31.7 Å². The minimum Gasteiger partial charge on any atom is -0.338 e. The molecule has 144 valence electrons. The van der Waals surface area contributed by atoms with Gasteiger partial charge in [0.1, 0.15) is 17.2 Å². The fourth-order valence-electron chi connectivity index (χ4n) is 3.74. The Balaban J connectivity index is 1.43. The van der Waals surface area contributed by atoms with Gasteiger partial charge in [0, 0.05) is 44.1 Å². The number of aromatic nitrogens is 4. The third-order valence-electron chi connectivity index (χ3n) is 5.25. The number of piperidine rings is 1. The van der Waals surface area contributed by atoms with Crippen LogP contribution in [0.3, 0.4) is 0 Å². The Morgan fingerprint density at radius 2 is 1.93 bits per heavy atom. The summed E-state index contributed by atoms with van der Waals surface area (Å²) in [6.45, 7) is 3.70. The van der Waals surface area contributed by atoms with Gasteiger partial charge in [-0.15, -0.1) is 0 Å². The molecule has 0 saturated carbocycles. The molecule has 0 unspecified atom stereocenters. The third-order valence-corrected chi connectivity index (χ3v) is 5.25. The molecule has 0 aliphatic carbocycles. The Kier molecular flexibility index (Phi) is 5.06. The first kappa shape index (κ1) is 18.2. The van der Waals surface area contributed by atoms with Crippen LogP contribution < -0.4 is 5.56 Å². The van der Waals surface area contributed by atoms with Gasteiger partial charge >= 0.3 is 0 Å². The van der Waals surface area contributed by atoms with Gasteiger partial charge in [0.05, 0.1) is 0 Å². The van der Waals surface area contributed by atoms with Crippen molar-refractivity contribution in [3.8, 4) is 0 Å². The summed E-state index contributed by atoms with van der Waals surface area (Å²) in [4.78, 5) is 37.7. The number of rotatable bonds is 4. The topological polar surface area (TPSA) is 83.9 Å². The average molecular weight is 377 g/mol. The Morgan fingerprint density at radius 3 is 2.64 bits per heavy atom. The quantitative estimate of drug-likeness (QED) is 0.756. The van der Waals surface area contributed by atoms with Crippen LogP contribution in [0.15, 0.2) is 53.7 Å². The second-order valence-corrected chi connectivity index (χ2v) is 7.18. The number of hydrogen-bond donors (Lipinski definition) is 1. The maximum Gasteiger partial charge on any atom is 0.263 e. The van der Waals surface area contributed by atoms with Crippen molar-refractivity contribution in [1.82, 2.24) is 24.4 Å². The van der Waals surface area contributed by atoms with E-state index in [4.69, 9.17) is 0 Å². The highest BCUT2D eigenvalue weighted by atomic mass is 16.2. The van der Waals surface area contributed by atoms with E-state index in [-0.39, 0.29) is 17.0 Å². The molecule has 0 radical (unpaired) electrons. The highest BCUT2D eigenvalue weighted by Gasteiger charge is 2.28. The molecule has 1 N–H and O–H groups in total. The molecule has 1 aliphatic rings. The summed E-state index contributed by atoms with van der Waals surface area (Å²) < 4.78 is 2.19. The summed E-state index contributed by atoms with van der Waals surface area (Å²) in [6.07, 6.45) is 6.88. The molecule has 28 heavy (non-hydrogen) atoms. The van der Waals surface area contributed by atoms with E-state index in [1.54, 1.807) is 11.8 Å². The maximum absolute atomic E-state index is 12.7. The van der Waals surface area contributed by atoms with Gasteiger partial charge in [-0.3, -0.25) is 9.59 Å². The number of nitrogens with one attached hydrogen (secondary N) is 1. The lowest BCUT2D eigenvalue weighted by molar-refractivity contribution is 0.0708. The van der Waals surface area contributed by atoms with Crippen molar-refractivity contribution in [2.24, 2.45) is 0 Å². The van der Waals surface area contributed by atoms with Crippen molar-refractivity contribution in [2.75, 3.05) is 13.1 Å². The van der Waals surface area contributed by atoms with E-state index in [1.807, 2.05) is 30.6 Å². The first-order valence-electron chi connectivity index (χ1n) is 9.52. The van der Waals surface area contributed by atoms with Crippen LogP contribution in [0.5, 0.6) is 0 Å². The van der Waals surface area contributed by atoms with E-state index >= 15 is 0 Å². The van der Waals surface area contributed by atoms with Gasteiger partial charge < -0.3 is 14.5 Å². The van der Waals surface area contributed by atoms with Gasteiger partial charge in [0.2, 0.25) is 0 Å². The minimum atomic E-state index is -0.377. The molecular weight excluding hydrogens is 354 g/mol. The zero-order valence-electron chi connectivity index (χ0n) is 15.8. The largest absolute Gasteiger partial charge is 0.338 e. The molecule has 0 atom stereocenters. The SMILES string of the molecule is Cc1ncc(C(=O)N2CCC(c3nccn3Cc3ccccc3)CC2)c(=O)[nH]1. The lowest BCUT2D eigenvalue weighted by Gasteiger charge is -2.31. The Morgan fingerprint density at radius 1 is 1.18 bits per heavy atom. The van der Waals surface area contributed by atoms with Gasteiger partial charge in [0.15, 0.2) is 0 Å². The summed E-state index contributed by atoms with van der Waals surface area (Å²) >= 11 is 0. The fraction of sp³-hybridized carbons (Fsp3) is 0.333. The molecule has 1 fully saturated rings. The molecule has 7 nitrogen and oxygen atoms in total. The van der Waals surface area contributed by atoms with Crippen molar-refractivity contribution in [3.05, 3.63) is 82.1 Å². The number of carbonyl (C=O) groups is 1. The van der Waals surface area contributed by atoms with E-state index < -0.39 is 0 Å². The van der Waals surface area contributed by atoms with Crippen LogP contribution in [0, 0.1) is 6.92 Å². The molecule has 3 aromatic rings. The summed E-state index contributed by atoms with van der Waals surface area (Å²) in [5, 5.41) is 0. The molecule has 1 aromatic carbocycles. The normalized spacial score (nSPS) is 15.0. The monoisotopic (exact) mass is 377 g/mol. The molecule has 0 bridgehead atoms. The van der Waals surface area contributed by atoms with Crippen LogP contribution in [0.2, 0.25) is 0 Å². The van der Waals surface area contributed by atoms with Gasteiger partial charge in [-0.25, -0.2) is 9.97 Å².